The van der Waals surface area contributed by atoms with Crippen molar-refractivity contribution in [2.24, 2.45) is 22.4 Å². The molecule has 3 atom stereocenters. The second kappa shape index (κ2) is 7.70. The fourth-order valence-electron chi connectivity index (χ4n) is 5.55. The molecule has 2 fully saturated rings. The Bertz CT molecular complexity index is 1220. The molecule has 5 rings (SSSR count). The molecule has 0 spiro atoms. The highest BCUT2D eigenvalue weighted by Gasteiger charge is 2.64. The van der Waals surface area contributed by atoms with Crippen molar-refractivity contribution in [1.82, 2.24) is 9.99 Å². The summed E-state index contributed by atoms with van der Waals surface area (Å²) < 4.78 is 2.13. The van der Waals surface area contributed by atoms with Crippen LogP contribution in [0.4, 0.5) is 0 Å². The Hall–Kier alpha value is -3.39. The Morgan fingerprint density at radius 2 is 2.06 bits per heavy atom. The Labute approximate surface area is 182 Å². The zero-order chi connectivity index (χ0) is 21.4. The van der Waals surface area contributed by atoms with Crippen molar-refractivity contribution >= 4 is 23.0 Å². The van der Waals surface area contributed by atoms with Crippen molar-refractivity contribution in [1.29, 1.82) is 5.26 Å². The average molecular weight is 411 g/mol. The molecule has 0 unspecified atom stereocenters. The number of carbonyl (C=O) groups is 1. The highest BCUT2D eigenvalue weighted by Crippen LogP contribution is 2.66. The summed E-state index contributed by atoms with van der Waals surface area (Å²) in [6.07, 6.45) is 8.55. The van der Waals surface area contributed by atoms with Gasteiger partial charge in [0.1, 0.15) is 0 Å². The molecule has 1 amide bonds. The Morgan fingerprint density at radius 1 is 1.26 bits per heavy atom. The van der Waals surface area contributed by atoms with Gasteiger partial charge in [0.05, 0.1) is 17.8 Å². The first-order valence-corrected chi connectivity index (χ1v) is 11.0. The normalized spacial score (nSPS) is 24.6. The number of amides is 1. The maximum atomic E-state index is 12.7. The highest BCUT2D eigenvalue weighted by atomic mass is 16.2. The van der Waals surface area contributed by atoms with Gasteiger partial charge in [0, 0.05) is 35.1 Å². The molecule has 2 aromatic carbocycles. The Kier molecular flexibility index (Phi) is 4.86. The molecular formula is C26H26N4O. The lowest BCUT2D eigenvalue weighted by molar-refractivity contribution is -0.123. The van der Waals surface area contributed by atoms with Crippen molar-refractivity contribution in [2.45, 2.75) is 39.2 Å². The number of para-hydroxylation sites is 1. The summed E-state index contributed by atoms with van der Waals surface area (Å²) in [7, 11) is 0. The molecule has 0 aliphatic heterocycles. The van der Waals surface area contributed by atoms with Crippen LogP contribution in [0.5, 0.6) is 0 Å². The van der Waals surface area contributed by atoms with Gasteiger partial charge in [0.15, 0.2) is 0 Å². The number of hydrazone groups is 1. The first kappa shape index (κ1) is 19.6. The summed E-state index contributed by atoms with van der Waals surface area (Å²) in [5.74, 6) is 0.687. The lowest BCUT2D eigenvalue weighted by Gasteiger charge is -2.15. The van der Waals surface area contributed by atoms with Gasteiger partial charge in [-0.3, -0.25) is 4.79 Å². The van der Waals surface area contributed by atoms with Crippen LogP contribution in [0.15, 0.2) is 59.8 Å². The summed E-state index contributed by atoms with van der Waals surface area (Å²) in [6, 6.07) is 18.1. The third kappa shape index (κ3) is 3.42. The second-order valence-electron chi connectivity index (χ2n) is 9.07. The number of benzene rings is 2. The topological polar surface area (TPSA) is 70.2 Å². The van der Waals surface area contributed by atoms with Crippen molar-refractivity contribution in [3.05, 3.63) is 71.4 Å². The maximum absolute atomic E-state index is 12.7. The van der Waals surface area contributed by atoms with Crippen LogP contribution in [-0.4, -0.2) is 16.7 Å². The van der Waals surface area contributed by atoms with Gasteiger partial charge in [-0.1, -0.05) is 56.2 Å². The molecule has 0 saturated heterocycles. The van der Waals surface area contributed by atoms with E-state index in [0.29, 0.717) is 18.0 Å². The van der Waals surface area contributed by atoms with E-state index in [1.54, 1.807) is 6.21 Å². The van der Waals surface area contributed by atoms with E-state index in [9.17, 15) is 10.1 Å². The van der Waals surface area contributed by atoms with Crippen LogP contribution in [0.1, 0.15) is 49.3 Å². The van der Waals surface area contributed by atoms with Crippen LogP contribution in [-0.2, 0) is 11.3 Å². The fourth-order valence-corrected chi connectivity index (χ4v) is 5.55. The molecule has 3 aromatic rings. The molecule has 2 saturated carbocycles. The number of hydrogen-bond donors (Lipinski definition) is 1. The molecule has 2 aliphatic rings. The van der Waals surface area contributed by atoms with Gasteiger partial charge in [0.2, 0.25) is 5.91 Å². The minimum atomic E-state index is 0.0531. The largest absolute Gasteiger partial charge is 0.342 e. The summed E-state index contributed by atoms with van der Waals surface area (Å²) in [5.41, 5.74) is 6.66. The van der Waals surface area contributed by atoms with E-state index in [-0.39, 0.29) is 17.2 Å². The summed E-state index contributed by atoms with van der Waals surface area (Å²) in [4.78, 5) is 12.7. The van der Waals surface area contributed by atoms with Gasteiger partial charge in [-0.05, 0) is 41.9 Å². The van der Waals surface area contributed by atoms with Gasteiger partial charge < -0.3 is 4.57 Å². The Balaban J connectivity index is 1.36. The molecule has 0 radical (unpaired) electrons. The average Bonchev–Trinajstić information content (AvgIpc) is 3.29. The van der Waals surface area contributed by atoms with Crippen LogP contribution >= 0.6 is 0 Å². The lowest BCUT2D eigenvalue weighted by atomic mass is 9.90. The van der Waals surface area contributed by atoms with E-state index in [0.717, 1.165) is 34.9 Å². The summed E-state index contributed by atoms with van der Waals surface area (Å²) in [5, 5.41) is 14.8. The number of hydrogen-bond acceptors (Lipinski definition) is 3. The zero-order valence-corrected chi connectivity index (χ0v) is 17.7. The maximum Gasteiger partial charge on any atom is 0.244 e. The third-order valence-electron chi connectivity index (χ3n) is 7.29. The van der Waals surface area contributed by atoms with E-state index in [2.05, 4.69) is 40.2 Å². The first-order chi connectivity index (χ1) is 15.1. The number of nitrogens with zero attached hydrogens (tertiary/aromatic N) is 3. The molecule has 1 aromatic heterocycles. The number of rotatable bonds is 5. The van der Waals surface area contributed by atoms with Crippen LogP contribution in [0.2, 0.25) is 0 Å². The number of aromatic nitrogens is 1. The van der Waals surface area contributed by atoms with Crippen LogP contribution in [0, 0.1) is 28.6 Å². The predicted molar refractivity (Wildman–Crippen MR) is 121 cm³/mol. The third-order valence-corrected chi connectivity index (χ3v) is 7.29. The minimum absolute atomic E-state index is 0.0531. The molecular weight excluding hydrogens is 384 g/mol. The molecule has 1 N–H and O–H groups in total. The van der Waals surface area contributed by atoms with Crippen molar-refractivity contribution in [3.8, 4) is 6.07 Å². The quantitative estimate of drug-likeness (QED) is 0.483. The Morgan fingerprint density at radius 3 is 2.87 bits per heavy atom. The predicted octanol–water partition coefficient (Wildman–Crippen LogP) is 4.84. The molecule has 5 nitrogen and oxygen atoms in total. The van der Waals surface area contributed by atoms with Crippen LogP contribution in [0.25, 0.3) is 10.9 Å². The van der Waals surface area contributed by atoms with Gasteiger partial charge in [-0.25, -0.2) is 5.43 Å². The van der Waals surface area contributed by atoms with E-state index >= 15 is 0 Å². The van der Waals surface area contributed by atoms with Gasteiger partial charge >= 0.3 is 0 Å². The monoisotopic (exact) mass is 410 g/mol. The minimum Gasteiger partial charge on any atom is -0.342 e. The molecule has 0 bridgehead atoms. The van der Waals surface area contributed by atoms with Crippen molar-refractivity contribution in [3.63, 3.8) is 0 Å². The lowest BCUT2D eigenvalue weighted by Crippen LogP contribution is -2.22. The molecule has 156 valence electrons. The number of nitriles is 1. The molecule has 1 heterocycles. The van der Waals surface area contributed by atoms with Crippen molar-refractivity contribution in [2.75, 3.05) is 0 Å². The number of fused-ring (bicyclic) bond motifs is 2. The number of carbonyl (C=O) groups excluding carboxylic acids is 1. The molecule has 2 aliphatic carbocycles. The standard InChI is InChI=1S/C26H26N4O/c1-26-13-7-6-11-22(26)24(26)25(31)29-28-15-20-17-30(23-12-5-4-10-21(20)23)16-19-9-3-2-8-18(19)14-27/h2-5,8-10,12,15,17,22,24H,6-7,11,13,16H2,1H3,(H,29,31)/b28-15-/t22-,24+,26-/m0/s1. The van der Waals surface area contributed by atoms with Crippen LogP contribution < -0.4 is 5.43 Å². The smallest absolute Gasteiger partial charge is 0.244 e. The summed E-state index contributed by atoms with van der Waals surface area (Å²) >= 11 is 0. The van der Waals surface area contributed by atoms with Crippen molar-refractivity contribution < 1.29 is 4.79 Å². The fraction of sp³-hybridized carbons (Fsp3) is 0.346. The summed E-state index contributed by atoms with van der Waals surface area (Å²) in [6.45, 7) is 2.85. The van der Waals surface area contributed by atoms with Gasteiger partial charge in [0.25, 0.3) is 0 Å². The van der Waals surface area contributed by atoms with Crippen LogP contribution in [0.3, 0.4) is 0 Å². The van der Waals surface area contributed by atoms with Gasteiger partial charge in [-0.15, -0.1) is 0 Å². The van der Waals surface area contributed by atoms with E-state index in [1.807, 2.05) is 42.6 Å². The molecule has 5 heteroatoms. The van der Waals surface area contributed by atoms with E-state index < -0.39 is 0 Å². The highest BCUT2D eigenvalue weighted by molar-refractivity contribution is 5.99. The molecule has 31 heavy (non-hydrogen) atoms. The second-order valence-corrected chi connectivity index (χ2v) is 9.07. The van der Waals surface area contributed by atoms with E-state index in [4.69, 9.17) is 0 Å². The number of nitrogens with one attached hydrogen (secondary N) is 1. The van der Waals surface area contributed by atoms with Gasteiger partial charge in [-0.2, -0.15) is 10.4 Å². The first-order valence-electron chi connectivity index (χ1n) is 11.0. The van der Waals surface area contributed by atoms with E-state index in [1.165, 1.54) is 12.8 Å². The SMILES string of the molecule is C[C@]12CCCC[C@H]1[C@@H]2C(=O)N/N=C\c1cn(Cc2ccccc2C#N)c2ccccc12. The zero-order valence-electron chi connectivity index (χ0n) is 17.7.